The Kier molecular flexibility index (Phi) is 6.81. The van der Waals surface area contributed by atoms with Crippen LogP contribution >= 0.6 is 30.2 Å². The Morgan fingerprint density at radius 1 is 1.43 bits per heavy atom. The quantitative estimate of drug-likeness (QED) is 0.333. The van der Waals surface area contributed by atoms with E-state index in [1.165, 1.54) is 0 Å². The smallest absolute Gasteiger partial charge is 0.328 e. The van der Waals surface area contributed by atoms with Gasteiger partial charge in [0.2, 0.25) is 0 Å². The maximum Gasteiger partial charge on any atom is 0.328 e. The molecule has 0 aliphatic heterocycles. The lowest BCUT2D eigenvalue weighted by Crippen LogP contribution is -2.35. The number of quaternary nitrogens is 1. The van der Waals surface area contributed by atoms with E-state index in [2.05, 4.69) is 43.7 Å². The molecule has 0 saturated heterocycles. The van der Waals surface area contributed by atoms with Crippen molar-refractivity contribution in [2.45, 2.75) is 6.42 Å². The SMILES string of the molecule is C[N+](C)(C)CCCP(=O)(O)OCCI. The van der Waals surface area contributed by atoms with Gasteiger partial charge in [0.05, 0.1) is 40.5 Å². The topological polar surface area (TPSA) is 46.5 Å². The van der Waals surface area contributed by atoms with Gasteiger partial charge >= 0.3 is 7.60 Å². The van der Waals surface area contributed by atoms with Crippen molar-refractivity contribution < 1.29 is 18.5 Å². The highest BCUT2D eigenvalue weighted by Gasteiger charge is 2.20. The van der Waals surface area contributed by atoms with E-state index in [9.17, 15) is 9.46 Å². The second-order valence-corrected chi connectivity index (χ2v) is 7.31. The third-order valence-corrected chi connectivity index (χ3v) is 3.55. The van der Waals surface area contributed by atoms with Crippen molar-refractivity contribution in [3.63, 3.8) is 0 Å². The Morgan fingerprint density at radius 2 is 2.00 bits per heavy atom. The number of hydrogen-bond acceptors (Lipinski definition) is 2. The largest absolute Gasteiger partial charge is 0.331 e. The normalized spacial score (nSPS) is 16.6. The average molecular weight is 336 g/mol. The second-order valence-electron chi connectivity index (χ2n) is 4.25. The van der Waals surface area contributed by atoms with Crippen LogP contribution in [0.2, 0.25) is 0 Å². The lowest BCUT2D eigenvalue weighted by atomic mass is 10.4. The summed E-state index contributed by atoms with van der Waals surface area (Å²) >= 11 is 2.12. The van der Waals surface area contributed by atoms with Gasteiger partial charge in [-0.05, 0) is 0 Å². The summed E-state index contributed by atoms with van der Waals surface area (Å²) in [4.78, 5) is 9.37. The van der Waals surface area contributed by atoms with Gasteiger partial charge in [-0.2, -0.15) is 0 Å². The number of hydrogen-bond donors (Lipinski definition) is 1. The van der Waals surface area contributed by atoms with E-state index in [0.717, 1.165) is 21.9 Å². The minimum absolute atomic E-state index is 0.263. The van der Waals surface area contributed by atoms with Crippen LogP contribution in [-0.4, -0.2) is 54.3 Å². The first-order valence-electron chi connectivity index (χ1n) is 4.60. The zero-order chi connectivity index (χ0) is 11.2. The average Bonchev–Trinajstić information content (AvgIpc) is 1.98. The van der Waals surface area contributed by atoms with Crippen LogP contribution in [0, 0.1) is 0 Å². The van der Waals surface area contributed by atoms with Crippen LogP contribution in [-0.2, 0) is 9.09 Å². The van der Waals surface area contributed by atoms with E-state index in [0.29, 0.717) is 6.61 Å². The highest BCUT2D eigenvalue weighted by atomic mass is 127. The van der Waals surface area contributed by atoms with Gasteiger partial charge in [-0.1, -0.05) is 22.6 Å². The molecule has 0 aliphatic carbocycles. The molecule has 0 saturated carbocycles. The Hall–Kier alpha value is 0.840. The number of rotatable bonds is 7. The molecule has 0 spiro atoms. The summed E-state index contributed by atoms with van der Waals surface area (Å²) in [6.45, 7) is 1.25. The van der Waals surface area contributed by atoms with Gasteiger partial charge in [0.15, 0.2) is 0 Å². The van der Waals surface area contributed by atoms with Gasteiger partial charge < -0.3 is 13.9 Å². The third kappa shape index (κ3) is 9.40. The van der Waals surface area contributed by atoms with Crippen LogP contribution in [0.15, 0.2) is 0 Å². The molecule has 4 nitrogen and oxygen atoms in total. The van der Waals surface area contributed by atoms with E-state index in [1.54, 1.807) is 0 Å². The zero-order valence-corrected chi connectivity index (χ0v) is 12.1. The molecule has 0 bridgehead atoms. The second kappa shape index (κ2) is 6.43. The van der Waals surface area contributed by atoms with Gasteiger partial charge in [0.1, 0.15) is 0 Å². The van der Waals surface area contributed by atoms with Gasteiger partial charge in [-0.25, -0.2) is 0 Å². The molecule has 6 heteroatoms. The highest BCUT2D eigenvalue weighted by molar-refractivity contribution is 14.1. The molecule has 14 heavy (non-hydrogen) atoms. The van der Waals surface area contributed by atoms with Crippen LogP contribution in [0.1, 0.15) is 6.42 Å². The van der Waals surface area contributed by atoms with Crippen molar-refractivity contribution in [3.8, 4) is 0 Å². The summed E-state index contributed by atoms with van der Waals surface area (Å²) in [5.74, 6) is 0. The number of halogens is 1. The van der Waals surface area contributed by atoms with Crippen molar-refractivity contribution >= 4 is 30.2 Å². The molecule has 0 radical (unpaired) electrons. The summed E-state index contributed by atoms with van der Waals surface area (Å²) in [6.07, 6.45) is 0.984. The van der Waals surface area contributed by atoms with E-state index in [4.69, 9.17) is 4.52 Å². The van der Waals surface area contributed by atoms with Crippen LogP contribution in [0.4, 0.5) is 0 Å². The molecule has 86 valence electrons. The van der Waals surface area contributed by atoms with Crippen LogP contribution in [0.3, 0.4) is 0 Å². The van der Waals surface area contributed by atoms with E-state index in [1.807, 2.05) is 0 Å². The van der Waals surface area contributed by atoms with E-state index in [-0.39, 0.29) is 6.16 Å². The van der Waals surface area contributed by atoms with Crippen molar-refractivity contribution in [2.24, 2.45) is 0 Å². The first kappa shape index (κ1) is 14.8. The van der Waals surface area contributed by atoms with Gasteiger partial charge in [0, 0.05) is 10.8 Å². The molecule has 1 atom stereocenters. The molecule has 0 rings (SSSR count). The van der Waals surface area contributed by atoms with Crippen LogP contribution < -0.4 is 0 Å². The predicted molar refractivity (Wildman–Crippen MR) is 67.0 cm³/mol. The lowest BCUT2D eigenvalue weighted by molar-refractivity contribution is -0.870. The standard InChI is InChI=1S/C8H19INO3P/c1-10(2,3)6-4-8-14(11,12)13-7-5-9/h4-8H2,1-3H3/p+1. The molecular weight excluding hydrogens is 316 g/mol. The Labute approximate surface area is 99.9 Å². The predicted octanol–water partition coefficient (Wildman–Crippen LogP) is 1.72. The number of alkyl halides is 1. The molecule has 0 fully saturated rings. The Balaban J connectivity index is 3.71. The zero-order valence-electron chi connectivity index (χ0n) is 9.07. The van der Waals surface area contributed by atoms with E-state index >= 15 is 0 Å². The molecule has 0 aromatic carbocycles. The maximum atomic E-state index is 11.4. The highest BCUT2D eigenvalue weighted by Crippen LogP contribution is 2.42. The molecule has 0 aromatic rings. The lowest BCUT2D eigenvalue weighted by Gasteiger charge is -2.24. The first-order valence-corrected chi connectivity index (χ1v) is 7.88. The van der Waals surface area contributed by atoms with Crippen molar-refractivity contribution in [3.05, 3.63) is 0 Å². The van der Waals surface area contributed by atoms with Crippen molar-refractivity contribution in [1.29, 1.82) is 0 Å². The Bertz CT molecular complexity index is 205. The maximum absolute atomic E-state index is 11.4. The fraction of sp³-hybridized carbons (Fsp3) is 1.00. The van der Waals surface area contributed by atoms with E-state index < -0.39 is 7.60 Å². The summed E-state index contributed by atoms with van der Waals surface area (Å²) in [5, 5.41) is 0. The molecule has 0 aromatic heterocycles. The van der Waals surface area contributed by atoms with Crippen LogP contribution in [0.5, 0.6) is 0 Å². The summed E-state index contributed by atoms with van der Waals surface area (Å²) in [7, 11) is 2.88. The fourth-order valence-corrected chi connectivity index (χ4v) is 2.60. The monoisotopic (exact) mass is 336 g/mol. The first-order chi connectivity index (χ1) is 6.27. The van der Waals surface area contributed by atoms with Crippen LogP contribution in [0.25, 0.3) is 0 Å². The molecule has 1 unspecified atom stereocenters. The molecule has 0 aliphatic rings. The molecule has 0 amide bonds. The minimum Gasteiger partial charge on any atom is -0.331 e. The summed E-state index contributed by atoms with van der Waals surface area (Å²) in [5.41, 5.74) is 0. The number of nitrogens with zero attached hydrogens (tertiary/aromatic N) is 1. The molecular formula is C8H20INO3P+. The third-order valence-electron chi connectivity index (χ3n) is 1.64. The fourth-order valence-electron chi connectivity index (χ4n) is 0.987. The van der Waals surface area contributed by atoms with Gasteiger partial charge in [-0.15, -0.1) is 0 Å². The minimum atomic E-state index is -3.31. The van der Waals surface area contributed by atoms with Gasteiger partial charge in [-0.3, -0.25) is 4.57 Å². The van der Waals surface area contributed by atoms with Crippen molar-refractivity contribution in [2.75, 3.05) is 44.9 Å². The Morgan fingerprint density at radius 3 is 2.43 bits per heavy atom. The molecule has 0 heterocycles. The van der Waals surface area contributed by atoms with Gasteiger partial charge in [0.25, 0.3) is 0 Å². The summed E-state index contributed by atoms with van der Waals surface area (Å²) < 4.78 is 17.8. The van der Waals surface area contributed by atoms with Crippen molar-refractivity contribution in [1.82, 2.24) is 0 Å². The summed E-state index contributed by atoms with van der Waals surface area (Å²) in [6, 6.07) is 0. The molecule has 1 N–H and O–H groups in total.